The van der Waals surface area contributed by atoms with Gasteiger partial charge in [0, 0.05) is 48.9 Å². The van der Waals surface area contributed by atoms with Crippen LogP contribution < -0.4 is 15.4 Å². The van der Waals surface area contributed by atoms with Crippen LogP contribution in [0.5, 0.6) is 5.88 Å². The highest BCUT2D eigenvalue weighted by Crippen LogP contribution is 2.26. The predicted octanol–water partition coefficient (Wildman–Crippen LogP) is 3.71. The van der Waals surface area contributed by atoms with Crippen molar-refractivity contribution in [1.29, 1.82) is 0 Å². The number of thiophene rings is 1. The lowest BCUT2D eigenvalue weighted by atomic mass is 10.1. The molecule has 3 heterocycles. The Hall–Kier alpha value is -2.12. The summed E-state index contributed by atoms with van der Waals surface area (Å²) >= 11 is 1.85. The maximum Gasteiger partial charge on any atom is 0.315 e. The zero-order valence-corrected chi connectivity index (χ0v) is 17.8. The van der Waals surface area contributed by atoms with Gasteiger partial charge in [-0.2, -0.15) is 0 Å². The van der Waals surface area contributed by atoms with E-state index in [9.17, 15) is 4.79 Å². The van der Waals surface area contributed by atoms with Crippen LogP contribution in [-0.2, 0) is 19.5 Å². The molecule has 29 heavy (non-hydrogen) atoms. The second-order valence-electron chi connectivity index (χ2n) is 7.99. The minimum Gasteiger partial charge on any atom is -0.474 e. The van der Waals surface area contributed by atoms with Crippen molar-refractivity contribution in [2.24, 2.45) is 0 Å². The fourth-order valence-corrected chi connectivity index (χ4v) is 4.97. The van der Waals surface area contributed by atoms with Crippen molar-refractivity contribution in [2.75, 3.05) is 13.1 Å². The monoisotopic (exact) mass is 414 g/mol. The Morgan fingerprint density at radius 1 is 1.34 bits per heavy atom. The summed E-state index contributed by atoms with van der Waals surface area (Å²) in [6.45, 7) is 5.24. The van der Waals surface area contributed by atoms with E-state index in [2.05, 4.69) is 38.9 Å². The third-order valence-corrected chi connectivity index (χ3v) is 6.91. The van der Waals surface area contributed by atoms with Crippen LogP contribution in [-0.4, -0.2) is 41.2 Å². The fourth-order valence-electron chi connectivity index (χ4n) is 4.08. The average Bonchev–Trinajstić information content (AvgIpc) is 3.42. The number of carbonyl (C=O) groups is 1. The van der Waals surface area contributed by atoms with Crippen LogP contribution in [0.1, 0.15) is 48.6 Å². The summed E-state index contributed by atoms with van der Waals surface area (Å²) in [4.78, 5) is 20.6. The van der Waals surface area contributed by atoms with Crippen molar-refractivity contribution in [3.8, 4) is 5.88 Å². The SMILES string of the molecule is CC(CNC(=O)NCc1cccnc1OC1CCCC1)N1CCc2sccc2C1. The molecule has 2 N–H and O–H groups in total. The van der Waals surface area contributed by atoms with Crippen LogP contribution in [0.2, 0.25) is 0 Å². The van der Waals surface area contributed by atoms with Crippen molar-refractivity contribution in [1.82, 2.24) is 20.5 Å². The van der Waals surface area contributed by atoms with Gasteiger partial charge in [-0.3, -0.25) is 4.90 Å². The first-order valence-electron chi connectivity index (χ1n) is 10.6. The van der Waals surface area contributed by atoms with Crippen molar-refractivity contribution < 1.29 is 9.53 Å². The molecule has 1 unspecified atom stereocenters. The number of carbonyl (C=O) groups excluding carboxylic acids is 1. The molecule has 2 amide bonds. The molecule has 1 fully saturated rings. The molecule has 1 aliphatic heterocycles. The summed E-state index contributed by atoms with van der Waals surface area (Å²) in [5.74, 6) is 0.646. The van der Waals surface area contributed by atoms with Crippen LogP contribution in [0.15, 0.2) is 29.8 Å². The molecule has 2 aliphatic rings. The summed E-state index contributed by atoms with van der Waals surface area (Å²) < 4.78 is 6.05. The number of fused-ring (bicyclic) bond motifs is 1. The van der Waals surface area contributed by atoms with Gasteiger partial charge in [0.15, 0.2) is 0 Å². The standard InChI is InChI=1S/C22H30N4O2S/c1-16(26-11-8-20-18(15-26)9-12-29-20)13-24-22(27)25-14-17-5-4-10-23-21(17)28-19-6-2-3-7-19/h4-5,9-10,12,16,19H,2-3,6-8,11,13-15H2,1H3,(H2,24,25,27). The lowest BCUT2D eigenvalue weighted by Crippen LogP contribution is -2.46. The molecular formula is C22H30N4O2S. The lowest BCUT2D eigenvalue weighted by molar-refractivity contribution is 0.186. The molecule has 1 aliphatic carbocycles. The summed E-state index contributed by atoms with van der Waals surface area (Å²) in [6.07, 6.45) is 7.72. The zero-order chi connectivity index (χ0) is 20.1. The van der Waals surface area contributed by atoms with Crippen LogP contribution in [0.3, 0.4) is 0 Å². The Kier molecular flexibility index (Phi) is 6.67. The third kappa shape index (κ3) is 5.28. The van der Waals surface area contributed by atoms with Gasteiger partial charge in [0.1, 0.15) is 6.10 Å². The van der Waals surface area contributed by atoms with Gasteiger partial charge >= 0.3 is 6.03 Å². The first-order valence-corrected chi connectivity index (χ1v) is 11.5. The first kappa shape index (κ1) is 20.2. The summed E-state index contributed by atoms with van der Waals surface area (Å²) in [6, 6.07) is 6.21. The van der Waals surface area contributed by atoms with Crippen molar-refractivity contribution in [3.63, 3.8) is 0 Å². The lowest BCUT2D eigenvalue weighted by Gasteiger charge is -2.32. The van der Waals surface area contributed by atoms with Crippen LogP contribution >= 0.6 is 11.3 Å². The van der Waals surface area contributed by atoms with E-state index in [-0.39, 0.29) is 12.1 Å². The molecule has 7 heteroatoms. The van der Waals surface area contributed by atoms with Gasteiger partial charge in [-0.25, -0.2) is 9.78 Å². The van der Waals surface area contributed by atoms with Gasteiger partial charge in [0.25, 0.3) is 0 Å². The third-order valence-electron chi connectivity index (χ3n) is 5.89. The highest BCUT2D eigenvalue weighted by molar-refractivity contribution is 7.10. The summed E-state index contributed by atoms with van der Waals surface area (Å²) in [7, 11) is 0. The van der Waals surface area contributed by atoms with E-state index in [4.69, 9.17) is 4.74 Å². The van der Waals surface area contributed by atoms with E-state index < -0.39 is 0 Å². The molecule has 2 aromatic rings. The largest absolute Gasteiger partial charge is 0.474 e. The van der Waals surface area contributed by atoms with E-state index in [1.54, 1.807) is 6.20 Å². The Bertz CT molecular complexity index is 819. The van der Waals surface area contributed by atoms with Crippen molar-refractivity contribution in [3.05, 3.63) is 45.8 Å². The van der Waals surface area contributed by atoms with Gasteiger partial charge in [0.2, 0.25) is 5.88 Å². The molecule has 0 radical (unpaired) electrons. The number of urea groups is 1. The number of ether oxygens (including phenoxy) is 1. The quantitative estimate of drug-likeness (QED) is 0.725. The Balaban J connectivity index is 1.22. The smallest absolute Gasteiger partial charge is 0.315 e. The summed E-state index contributed by atoms with van der Waals surface area (Å²) in [5, 5.41) is 8.13. The number of nitrogens with one attached hydrogen (secondary N) is 2. The van der Waals surface area contributed by atoms with E-state index in [1.165, 1.54) is 23.3 Å². The van der Waals surface area contributed by atoms with Gasteiger partial charge in [0.05, 0.1) is 0 Å². The first-order chi connectivity index (χ1) is 14.2. The molecular weight excluding hydrogens is 384 g/mol. The van der Waals surface area contributed by atoms with Crippen molar-refractivity contribution >= 4 is 17.4 Å². The topological polar surface area (TPSA) is 66.5 Å². The molecule has 0 spiro atoms. The Morgan fingerprint density at radius 3 is 3.07 bits per heavy atom. The minimum absolute atomic E-state index is 0.152. The molecule has 0 saturated heterocycles. The Labute approximate surface area is 176 Å². The molecule has 156 valence electrons. The van der Waals surface area contributed by atoms with Crippen molar-refractivity contribution in [2.45, 2.75) is 64.3 Å². The Morgan fingerprint density at radius 2 is 2.21 bits per heavy atom. The summed E-state index contributed by atoms with van der Waals surface area (Å²) in [5.41, 5.74) is 2.35. The minimum atomic E-state index is -0.152. The van der Waals surface area contributed by atoms with Gasteiger partial charge in [-0.15, -0.1) is 11.3 Å². The highest BCUT2D eigenvalue weighted by Gasteiger charge is 2.22. The number of hydrogen-bond donors (Lipinski definition) is 2. The average molecular weight is 415 g/mol. The molecule has 6 nitrogen and oxygen atoms in total. The maximum atomic E-state index is 12.3. The molecule has 0 bridgehead atoms. The van der Waals surface area contributed by atoms with E-state index in [0.29, 0.717) is 25.0 Å². The van der Waals surface area contributed by atoms with Gasteiger partial charge in [-0.05, 0) is 62.1 Å². The predicted molar refractivity (Wildman–Crippen MR) is 115 cm³/mol. The second-order valence-corrected chi connectivity index (χ2v) is 8.99. The van der Waals surface area contributed by atoms with E-state index in [0.717, 1.165) is 37.9 Å². The molecule has 4 rings (SSSR count). The van der Waals surface area contributed by atoms with E-state index >= 15 is 0 Å². The number of hydrogen-bond acceptors (Lipinski definition) is 5. The van der Waals surface area contributed by atoms with Gasteiger partial charge < -0.3 is 15.4 Å². The van der Waals surface area contributed by atoms with Gasteiger partial charge in [-0.1, -0.05) is 6.07 Å². The molecule has 0 aromatic carbocycles. The maximum absolute atomic E-state index is 12.3. The normalized spacial score (nSPS) is 18.2. The fraction of sp³-hybridized carbons (Fsp3) is 0.545. The van der Waals surface area contributed by atoms with E-state index in [1.807, 2.05) is 23.5 Å². The second kappa shape index (κ2) is 9.59. The number of rotatable bonds is 7. The zero-order valence-electron chi connectivity index (χ0n) is 17.0. The number of nitrogens with zero attached hydrogens (tertiary/aromatic N) is 2. The highest BCUT2D eigenvalue weighted by atomic mass is 32.1. The molecule has 2 aromatic heterocycles. The van der Waals surface area contributed by atoms with Crippen LogP contribution in [0.4, 0.5) is 4.79 Å². The molecule has 1 saturated carbocycles. The van der Waals surface area contributed by atoms with Crippen LogP contribution in [0.25, 0.3) is 0 Å². The molecule has 1 atom stereocenters. The van der Waals surface area contributed by atoms with Crippen LogP contribution in [0, 0.1) is 0 Å². The number of pyridine rings is 1. The number of aromatic nitrogens is 1. The number of amides is 2.